The molecule has 0 saturated heterocycles. The summed E-state index contributed by atoms with van der Waals surface area (Å²) in [7, 11) is 0. The second-order valence-electron chi connectivity index (χ2n) is 4.75. The van der Waals surface area contributed by atoms with Crippen LogP contribution in [0.3, 0.4) is 0 Å². The van der Waals surface area contributed by atoms with Crippen LogP contribution in [0, 0.1) is 19.8 Å². The molecule has 0 radical (unpaired) electrons. The van der Waals surface area contributed by atoms with Gasteiger partial charge in [0.15, 0.2) is 18.1 Å². The molecule has 1 N–H and O–H groups in total. The van der Waals surface area contributed by atoms with Gasteiger partial charge in [0.25, 0.3) is 0 Å². The second-order valence-corrected chi connectivity index (χ2v) is 4.75. The first-order valence-electron chi connectivity index (χ1n) is 5.58. The highest BCUT2D eigenvalue weighted by molar-refractivity contribution is 5.52. The lowest BCUT2D eigenvalue weighted by atomic mass is 10.0. The molecule has 1 aliphatic rings. The Labute approximate surface area is 96.0 Å². The first kappa shape index (κ1) is 11.3. The predicted octanol–water partition coefficient (Wildman–Crippen LogP) is 2.42. The summed E-state index contributed by atoms with van der Waals surface area (Å²) in [6, 6.07) is 3.97. The zero-order valence-electron chi connectivity index (χ0n) is 10.2. The average Bonchev–Trinajstić information content (AvgIpc) is 2.23. The third-order valence-electron chi connectivity index (χ3n) is 3.11. The van der Waals surface area contributed by atoms with Gasteiger partial charge in [0.2, 0.25) is 5.79 Å². The van der Waals surface area contributed by atoms with Crippen LogP contribution in [0.15, 0.2) is 12.1 Å². The molecule has 16 heavy (non-hydrogen) atoms. The minimum absolute atomic E-state index is 0.0134. The Morgan fingerprint density at radius 1 is 1.19 bits per heavy atom. The van der Waals surface area contributed by atoms with E-state index in [1.807, 2.05) is 39.8 Å². The molecule has 0 bridgehead atoms. The van der Waals surface area contributed by atoms with Crippen LogP contribution in [0.4, 0.5) is 0 Å². The highest BCUT2D eigenvalue weighted by atomic mass is 16.7. The van der Waals surface area contributed by atoms with Crippen molar-refractivity contribution < 1.29 is 14.6 Å². The molecule has 0 unspecified atom stereocenters. The van der Waals surface area contributed by atoms with Gasteiger partial charge in [0.1, 0.15) is 0 Å². The normalized spacial score (nSPS) is 23.6. The third kappa shape index (κ3) is 1.65. The second kappa shape index (κ2) is 3.67. The van der Waals surface area contributed by atoms with Gasteiger partial charge in [-0.3, -0.25) is 0 Å². The fourth-order valence-electron chi connectivity index (χ4n) is 1.73. The summed E-state index contributed by atoms with van der Waals surface area (Å²) < 4.78 is 11.4. The molecule has 3 heteroatoms. The molecule has 0 spiro atoms. The quantitative estimate of drug-likeness (QED) is 0.793. The maximum atomic E-state index is 10.3. The summed E-state index contributed by atoms with van der Waals surface area (Å²) in [5.74, 6) is 0.194. The zero-order chi connectivity index (χ0) is 11.9. The molecule has 1 aromatic rings. The Kier molecular flexibility index (Phi) is 2.58. The van der Waals surface area contributed by atoms with Crippen molar-refractivity contribution in [3.05, 3.63) is 23.3 Å². The standard InChI is InChI=1S/C13H18O3/c1-8(2)13(14)7-15-11-9(3)5-6-10(4)12(11)16-13/h5-6,8,14H,7H2,1-4H3/t13-/m1/s1. The number of hydrogen-bond donors (Lipinski definition) is 1. The van der Waals surface area contributed by atoms with Gasteiger partial charge in [-0.15, -0.1) is 0 Å². The van der Waals surface area contributed by atoms with Gasteiger partial charge >= 0.3 is 0 Å². The zero-order valence-corrected chi connectivity index (χ0v) is 10.2. The van der Waals surface area contributed by atoms with Gasteiger partial charge < -0.3 is 14.6 Å². The fourth-order valence-corrected chi connectivity index (χ4v) is 1.73. The minimum atomic E-state index is -1.22. The smallest absolute Gasteiger partial charge is 0.245 e. The van der Waals surface area contributed by atoms with Crippen LogP contribution in [0.1, 0.15) is 25.0 Å². The van der Waals surface area contributed by atoms with Crippen molar-refractivity contribution in [2.24, 2.45) is 5.92 Å². The van der Waals surface area contributed by atoms with Gasteiger partial charge in [-0.2, -0.15) is 0 Å². The van der Waals surface area contributed by atoms with Crippen molar-refractivity contribution in [2.75, 3.05) is 6.61 Å². The van der Waals surface area contributed by atoms with E-state index in [0.29, 0.717) is 5.75 Å². The van der Waals surface area contributed by atoms with Crippen LogP contribution in [0.2, 0.25) is 0 Å². The van der Waals surface area contributed by atoms with E-state index < -0.39 is 5.79 Å². The summed E-state index contributed by atoms with van der Waals surface area (Å²) in [6.07, 6.45) is 0. The molecule has 3 nitrogen and oxygen atoms in total. The molecule has 1 heterocycles. The summed E-state index contributed by atoms with van der Waals surface area (Å²) in [5.41, 5.74) is 2.02. The Hall–Kier alpha value is -1.22. The van der Waals surface area contributed by atoms with Crippen molar-refractivity contribution in [3.63, 3.8) is 0 Å². The molecule has 1 atom stereocenters. The minimum Gasteiger partial charge on any atom is -0.483 e. The molecular weight excluding hydrogens is 204 g/mol. The van der Waals surface area contributed by atoms with Crippen LogP contribution >= 0.6 is 0 Å². The lowest BCUT2D eigenvalue weighted by Gasteiger charge is -2.37. The maximum Gasteiger partial charge on any atom is 0.245 e. The monoisotopic (exact) mass is 222 g/mol. The molecule has 0 fully saturated rings. The Morgan fingerprint density at radius 3 is 2.31 bits per heavy atom. The predicted molar refractivity (Wildman–Crippen MR) is 61.8 cm³/mol. The maximum absolute atomic E-state index is 10.3. The van der Waals surface area contributed by atoms with Gasteiger partial charge in [-0.1, -0.05) is 26.0 Å². The number of ether oxygens (including phenoxy) is 2. The van der Waals surface area contributed by atoms with Crippen LogP contribution in [-0.4, -0.2) is 17.5 Å². The Bertz CT molecular complexity index is 412. The van der Waals surface area contributed by atoms with E-state index in [2.05, 4.69) is 0 Å². The van der Waals surface area contributed by atoms with E-state index in [-0.39, 0.29) is 12.5 Å². The Balaban J connectivity index is 2.44. The molecular formula is C13H18O3. The van der Waals surface area contributed by atoms with Crippen LogP contribution < -0.4 is 9.47 Å². The molecule has 1 aliphatic heterocycles. The summed E-state index contributed by atoms with van der Waals surface area (Å²) in [5, 5.41) is 10.3. The van der Waals surface area contributed by atoms with Crippen LogP contribution in [-0.2, 0) is 0 Å². The topological polar surface area (TPSA) is 38.7 Å². The average molecular weight is 222 g/mol. The molecule has 1 aromatic carbocycles. The van der Waals surface area contributed by atoms with Crippen molar-refractivity contribution in [3.8, 4) is 11.5 Å². The SMILES string of the molecule is Cc1ccc(C)c2c1OC[C@](O)(C(C)C)O2. The lowest BCUT2D eigenvalue weighted by Crippen LogP contribution is -2.49. The van der Waals surface area contributed by atoms with Crippen LogP contribution in [0.5, 0.6) is 11.5 Å². The third-order valence-corrected chi connectivity index (χ3v) is 3.11. The molecule has 0 aliphatic carbocycles. The van der Waals surface area contributed by atoms with Crippen LogP contribution in [0.25, 0.3) is 0 Å². The largest absolute Gasteiger partial charge is 0.483 e. The van der Waals surface area contributed by atoms with Gasteiger partial charge in [0, 0.05) is 5.92 Å². The van der Waals surface area contributed by atoms with E-state index in [4.69, 9.17) is 9.47 Å². The molecule has 0 saturated carbocycles. The summed E-state index contributed by atoms with van der Waals surface area (Å²) >= 11 is 0. The van der Waals surface area contributed by atoms with Gasteiger partial charge in [-0.25, -0.2) is 0 Å². The molecule has 0 aromatic heterocycles. The van der Waals surface area contributed by atoms with E-state index >= 15 is 0 Å². The van der Waals surface area contributed by atoms with E-state index in [0.717, 1.165) is 16.9 Å². The fraction of sp³-hybridized carbons (Fsp3) is 0.538. The molecule has 0 amide bonds. The summed E-state index contributed by atoms with van der Waals surface area (Å²) in [4.78, 5) is 0. The number of rotatable bonds is 1. The van der Waals surface area contributed by atoms with Gasteiger partial charge in [-0.05, 0) is 25.0 Å². The Morgan fingerprint density at radius 2 is 1.75 bits per heavy atom. The number of benzene rings is 1. The highest BCUT2D eigenvalue weighted by Gasteiger charge is 2.39. The first-order valence-corrected chi connectivity index (χ1v) is 5.58. The number of aliphatic hydroxyl groups is 1. The van der Waals surface area contributed by atoms with Crippen molar-refractivity contribution in [2.45, 2.75) is 33.5 Å². The van der Waals surface area contributed by atoms with Crippen molar-refractivity contribution >= 4 is 0 Å². The van der Waals surface area contributed by atoms with E-state index in [9.17, 15) is 5.11 Å². The lowest BCUT2D eigenvalue weighted by molar-refractivity contribution is -0.202. The van der Waals surface area contributed by atoms with E-state index in [1.54, 1.807) is 0 Å². The van der Waals surface area contributed by atoms with E-state index in [1.165, 1.54) is 0 Å². The van der Waals surface area contributed by atoms with Crippen molar-refractivity contribution in [1.82, 2.24) is 0 Å². The summed E-state index contributed by atoms with van der Waals surface area (Å²) in [6.45, 7) is 7.94. The highest BCUT2D eigenvalue weighted by Crippen LogP contribution is 2.41. The molecule has 88 valence electrons. The molecule has 2 rings (SSSR count). The number of fused-ring (bicyclic) bond motifs is 1. The van der Waals surface area contributed by atoms with Gasteiger partial charge in [0.05, 0.1) is 0 Å². The van der Waals surface area contributed by atoms with Crippen molar-refractivity contribution in [1.29, 1.82) is 0 Å². The number of aryl methyl sites for hydroxylation is 2. The number of hydrogen-bond acceptors (Lipinski definition) is 3. The first-order chi connectivity index (χ1) is 7.44.